The van der Waals surface area contributed by atoms with Gasteiger partial charge in [-0.1, -0.05) is 12.5 Å². The molecular formula is C17H22N4O. The van der Waals surface area contributed by atoms with E-state index in [1.54, 1.807) is 18.5 Å². The fraction of sp³-hybridized carbons (Fsp3) is 0.412. The van der Waals surface area contributed by atoms with Crippen molar-refractivity contribution in [3.05, 3.63) is 54.1 Å². The number of aromatic amines is 1. The highest BCUT2D eigenvalue weighted by Gasteiger charge is 2.23. The maximum Gasteiger partial charge on any atom is 0.267 e. The molecule has 1 saturated heterocycles. The molecule has 2 N–H and O–H groups in total. The molecular weight excluding hydrogens is 276 g/mol. The van der Waals surface area contributed by atoms with E-state index in [0.29, 0.717) is 12.2 Å². The number of carbonyl (C=O) groups is 1. The van der Waals surface area contributed by atoms with Crippen LogP contribution in [0.25, 0.3) is 0 Å². The summed E-state index contributed by atoms with van der Waals surface area (Å²) in [6, 6.07) is 7.85. The number of carbonyl (C=O) groups excluding carboxylic acids is 1. The Kier molecular flexibility index (Phi) is 4.85. The molecule has 2 aromatic heterocycles. The number of hydrogen-bond acceptors (Lipinski definition) is 3. The third kappa shape index (κ3) is 3.54. The number of piperidine rings is 1. The predicted octanol–water partition coefficient (Wildman–Crippen LogP) is 2.37. The van der Waals surface area contributed by atoms with E-state index in [4.69, 9.17) is 0 Å². The van der Waals surface area contributed by atoms with Crippen molar-refractivity contribution in [1.29, 1.82) is 0 Å². The summed E-state index contributed by atoms with van der Waals surface area (Å²) < 4.78 is 0. The summed E-state index contributed by atoms with van der Waals surface area (Å²) in [6.45, 7) is 2.76. The highest BCUT2D eigenvalue weighted by atomic mass is 16.1. The molecule has 0 bridgehead atoms. The van der Waals surface area contributed by atoms with Gasteiger partial charge in [-0.3, -0.25) is 14.7 Å². The van der Waals surface area contributed by atoms with Gasteiger partial charge in [0.1, 0.15) is 5.69 Å². The molecule has 116 valence electrons. The van der Waals surface area contributed by atoms with Crippen molar-refractivity contribution in [1.82, 2.24) is 20.2 Å². The highest BCUT2D eigenvalue weighted by Crippen LogP contribution is 2.23. The Morgan fingerprint density at radius 1 is 1.27 bits per heavy atom. The summed E-state index contributed by atoms with van der Waals surface area (Å²) in [5.74, 6) is -0.0594. The molecule has 1 fully saturated rings. The number of H-pyrrole nitrogens is 1. The average molecular weight is 298 g/mol. The Hall–Kier alpha value is -2.14. The van der Waals surface area contributed by atoms with Crippen LogP contribution in [0, 0.1) is 0 Å². The van der Waals surface area contributed by atoms with Crippen LogP contribution in [-0.2, 0) is 0 Å². The number of nitrogens with zero attached hydrogens (tertiary/aromatic N) is 2. The van der Waals surface area contributed by atoms with E-state index in [2.05, 4.69) is 26.3 Å². The minimum atomic E-state index is -0.0594. The molecule has 0 radical (unpaired) electrons. The standard InChI is InChI=1S/C17H22N4O/c22-17(15-7-5-9-19-15)20-13-16(14-6-4-8-18-12-14)21-10-2-1-3-11-21/h4-9,12,16,19H,1-3,10-11,13H2,(H,20,22)/t16-/m1/s1. The molecule has 3 rings (SSSR count). The molecule has 0 aliphatic carbocycles. The molecule has 22 heavy (non-hydrogen) atoms. The van der Waals surface area contributed by atoms with E-state index in [-0.39, 0.29) is 11.9 Å². The number of amides is 1. The molecule has 0 saturated carbocycles. The van der Waals surface area contributed by atoms with E-state index in [1.807, 2.05) is 18.3 Å². The number of rotatable bonds is 5. The summed E-state index contributed by atoms with van der Waals surface area (Å²) >= 11 is 0. The quantitative estimate of drug-likeness (QED) is 0.891. The Balaban J connectivity index is 1.69. The summed E-state index contributed by atoms with van der Waals surface area (Å²) in [6.07, 6.45) is 9.19. The fourth-order valence-corrected chi connectivity index (χ4v) is 3.02. The van der Waals surface area contributed by atoms with Crippen molar-refractivity contribution in [2.24, 2.45) is 0 Å². The van der Waals surface area contributed by atoms with Crippen LogP contribution >= 0.6 is 0 Å². The SMILES string of the molecule is O=C(NC[C@H](c1cccnc1)N1CCCCC1)c1ccc[nH]1. The summed E-state index contributed by atoms with van der Waals surface area (Å²) in [5.41, 5.74) is 1.76. The zero-order valence-electron chi connectivity index (χ0n) is 12.7. The second-order valence-corrected chi connectivity index (χ2v) is 5.69. The van der Waals surface area contributed by atoms with Gasteiger partial charge in [0, 0.05) is 25.1 Å². The molecule has 5 heteroatoms. The second kappa shape index (κ2) is 7.22. The summed E-state index contributed by atoms with van der Waals surface area (Å²) in [5, 5.41) is 3.04. The van der Waals surface area contributed by atoms with Crippen molar-refractivity contribution in [3.8, 4) is 0 Å². The smallest absolute Gasteiger partial charge is 0.267 e. The molecule has 1 aliphatic rings. The molecule has 5 nitrogen and oxygen atoms in total. The largest absolute Gasteiger partial charge is 0.357 e. The first kappa shape index (κ1) is 14.8. The Morgan fingerprint density at radius 2 is 2.14 bits per heavy atom. The number of hydrogen-bond donors (Lipinski definition) is 2. The van der Waals surface area contributed by atoms with E-state index >= 15 is 0 Å². The number of likely N-dealkylation sites (tertiary alicyclic amines) is 1. The minimum Gasteiger partial charge on any atom is -0.357 e. The zero-order valence-corrected chi connectivity index (χ0v) is 12.7. The average Bonchev–Trinajstić information content (AvgIpc) is 3.11. The van der Waals surface area contributed by atoms with E-state index in [9.17, 15) is 4.79 Å². The molecule has 0 spiro atoms. The lowest BCUT2D eigenvalue weighted by Gasteiger charge is -2.34. The second-order valence-electron chi connectivity index (χ2n) is 5.69. The first-order valence-electron chi connectivity index (χ1n) is 7.90. The van der Waals surface area contributed by atoms with Gasteiger partial charge in [0.25, 0.3) is 5.91 Å². The van der Waals surface area contributed by atoms with Crippen LogP contribution in [0.5, 0.6) is 0 Å². The van der Waals surface area contributed by atoms with Gasteiger partial charge in [0.2, 0.25) is 0 Å². The first-order valence-corrected chi connectivity index (χ1v) is 7.90. The zero-order chi connectivity index (χ0) is 15.2. The normalized spacial score (nSPS) is 17.1. The fourth-order valence-electron chi connectivity index (χ4n) is 3.02. The molecule has 1 amide bonds. The van der Waals surface area contributed by atoms with E-state index in [0.717, 1.165) is 18.7 Å². The maximum absolute atomic E-state index is 12.1. The van der Waals surface area contributed by atoms with Gasteiger partial charge in [0.15, 0.2) is 0 Å². The van der Waals surface area contributed by atoms with Crippen molar-refractivity contribution < 1.29 is 4.79 Å². The monoisotopic (exact) mass is 298 g/mol. The maximum atomic E-state index is 12.1. The summed E-state index contributed by atoms with van der Waals surface area (Å²) in [4.78, 5) is 21.8. The van der Waals surface area contributed by atoms with Gasteiger partial charge < -0.3 is 10.3 Å². The lowest BCUT2D eigenvalue weighted by atomic mass is 10.0. The molecule has 1 aliphatic heterocycles. The van der Waals surface area contributed by atoms with Gasteiger partial charge >= 0.3 is 0 Å². The first-order chi connectivity index (χ1) is 10.8. The number of nitrogens with one attached hydrogen (secondary N) is 2. The van der Waals surface area contributed by atoms with Gasteiger partial charge in [-0.05, 0) is 49.7 Å². The molecule has 0 aromatic carbocycles. The van der Waals surface area contributed by atoms with Crippen LogP contribution in [0.2, 0.25) is 0 Å². The van der Waals surface area contributed by atoms with Gasteiger partial charge in [-0.15, -0.1) is 0 Å². The number of pyridine rings is 1. The van der Waals surface area contributed by atoms with Crippen molar-refractivity contribution in [2.45, 2.75) is 25.3 Å². The lowest BCUT2D eigenvalue weighted by Crippen LogP contribution is -2.40. The van der Waals surface area contributed by atoms with E-state index < -0.39 is 0 Å². The van der Waals surface area contributed by atoms with Gasteiger partial charge in [-0.2, -0.15) is 0 Å². The van der Waals surface area contributed by atoms with Crippen LogP contribution in [0.15, 0.2) is 42.9 Å². The van der Waals surface area contributed by atoms with Crippen LogP contribution in [0.1, 0.15) is 41.4 Å². The molecule has 2 aromatic rings. The number of aromatic nitrogens is 2. The molecule has 1 atom stereocenters. The van der Waals surface area contributed by atoms with Gasteiger partial charge in [-0.25, -0.2) is 0 Å². The van der Waals surface area contributed by atoms with Crippen molar-refractivity contribution in [3.63, 3.8) is 0 Å². The van der Waals surface area contributed by atoms with E-state index in [1.165, 1.54) is 19.3 Å². The molecule has 0 unspecified atom stereocenters. The topological polar surface area (TPSA) is 61.0 Å². The highest BCUT2D eigenvalue weighted by molar-refractivity contribution is 5.92. The van der Waals surface area contributed by atoms with Crippen molar-refractivity contribution in [2.75, 3.05) is 19.6 Å². The molecule has 3 heterocycles. The van der Waals surface area contributed by atoms with Crippen LogP contribution in [0.3, 0.4) is 0 Å². The predicted molar refractivity (Wildman–Crippen MR) is 85.5 cm³/mol. The van der Waals surface area contributed by atoms with Crippen LogP contribution in [0.4, 0.5) is 0 Å². The van der Waals surface area contributed by atoms with Crippen molar-refractivity contribution >= 4 is 5.91 Å². The summed E-state index contributed by atoms with van der Waals surface area (Å²) in [7, 11) is 0. The minimum absolute atomic E-state index is 0.0594. The lowest BCUT2D eigenvalue weighted by molar-refractivity contribution is 0.0920. The Labute approximate surface area is 130 Å². The Morgan fingerprint density at radius 3 is 2.82 bits per heavy atom. The van der Waals surface area contributed by atoms with Crippen LogP contribution < -0.4 is 5.32 Å². The van der Waals surface area contributed by atoms with Gasteiger partial charge in [0.05, 0.1) is 6.04 Å². The Bertz CT molecular complexity index is 576. The third-order valence-electron chi connectivity index (χ3n) is 4.20. The third-order valence-corrected chi connectivity index (χ3v) is 4.20. The van der Waals surface area contributed by atoms with Crippen LogP contribution in [-0.4, -0.2) is 40.4 Å².